The molecule has 0 radical (unpaired) electrons. The van der Waals surface area contributed by atoms with E-state index in [2.05, 4.69) is 38.7 Å². The van der Waals surface area contributed by atoms with E-state index in [-0.39, 0.29) is 5.69 Å². The van der Waals surface area contributed by atoms with Gasteiger partial charge in [-0.1, -0.05) is 13.8 Å². The van der Waals surface area contributed by atoms with Crippen molar-refractivity contribution in [3.05, 3.63) is 35.7 Å². The topological polar surface area (TPSA) is 92.9 Å². The number of aromatic carboxylic acids is 1. The first kappa shape index (κ1) is 15.9. The summed E-state index contributed by atoms with van der Waals surface area (Å²) >= 11 is 0. The molecule has 7 nitrogen and oxygen atoms in total. The highest BCUT2D eigenvalue weighted by Gasteiger charge is 2.09. The maximum atomic E-state index is 11.0. The number of carbonyl (C=O) groups is 1. The van der Waals surface area contributed by atoms with Crippen LogP contribution in [0.5, 0.6) is 0 Å². The number of nitrogens with one attached hydrogen (secondary N) is 1. The van der Waals surface area contributed by atoms with Crippen LogP contribution in [0.3, 0.4) is 0 Å². The molecule has 0 aliphatic rings. The molecule has 2 aromatic heterocycles. The number of aryl methyl sites for hydroxylation is 2. The number of carboxylic acid groups (broad SMARTS) is 1. The van der Waals surface area contributed by atoms with Crippen LogP contribution in [-0.4, -0.2) is 37.1 Å². The normalized spacial score (nSPS) is 10.9. The smallest absolute Gasteiger partial charge is 0.354 e. The molecule has 2 rings (SSSR count). The fraction of sp³-hybridized carbons (Fsp3) is 0.467. The van der Waals surface area contributed by atoms with E-state index in [9.17, 15) is 4.79 Å². The van der Waals surface area contributed by atoms with Crippen molar-refractivity contribution in [3.63, 3.8) is 0 Å². The first-order valence-corrected chi connectivity index (χ1v) is 7.31. The van der Waals surface area contributed by atoms with Crippen LogP contribution in [0.4, 0.5) is 5.95 Å². The molecule has 0 bridgehead atoms. The summed E-state index contributed by atoms with van der Waals surface area (Å²) in [6.45, 7) is 7.49. The molecule has 2 aromatic rings. The van der Waals surface area contributed by atoms with Gasteiger partial charge in [0.15, 0.2) is 5.69 Å². The Balaban J connectivity index is 1.89. The van der Waals surface area contributed by atoms with Crippen LogP contribution in [-0.2, 0) is 6.54 Å². The molecule has 0 aliphatic heterocycles. The van der Waals surface area contributed by atoms with Crippen LogP contribution in [0.15, 0.2) is 18.5 Å². The van der Waals surface area contributed by atoms with Crippen molar-refractivity contribution >= 4 is 11.9 Å². The van der Waals surface area contributed by atoms with Crippen LogP contribution < -0.4 is 5.32 Å². The minimum Gasteiger partial charge on any atom is -0.477 e. The second kappa shape index (κ2) is 7.02. The molecular weight excluding hydrogens is 282 g/mol. The molecule has 7 heteroatoms. The molecule has 0 amide bonds. The maximum Gasteiger partial charge on any atom is 0.354 e. The Labute approximate surface area is 129 Å². The average molecular weight is 303 g/mol. The van der Waals surface area contributed by atoms with E-state index in [1.165, 1.54) is 6.07 Å². The highest BCUT2D eigenvalue weighted by atomic mass is 16.4. The molecular formula is C15H21N5O2. The highest BCUT2D eigenvalue weighted by molar-refractivity contribution is 5.85. The van der Waals surface area contributed by atoms with E-state index in [0.717, 1.165) is 18.8 Å². The minimum absolute atomic E-state index is 0.00621. The van der Waals surface area contributed by atoms with E-state index >= 15 is 0 Å². The first-order valence-electron chi connectivity index (χ1n) is 7.31. The second-order valence-electron chi connectivity index (χ2n) is 5.44. The van der Waals surface area contributed by atoms with Crippen molar-refractivity contribution in [1.29, 1.82) is 0 Å². The number of rotatable bonds is 7. The fourth-order valence-corrected chi connectivity index (χ4v) is 2.22. The Kier molecular flexibility index (Phi) is 5.08. The first-order chi connectivity index (χ1) is 10.5. The summed E-state index contributed by atoms with van der Waals surface area (Å²) in [6, 6.07) is 1.45. The molecule has 0 saturated heterocycles. The molecule has 2 N–H and O–H groups in total. The van der Waals surface area contributed by atoms with Crippen LogP contribution in [0.1, 0.15) is 48.2 Å². The van der Waals surface area contributed by atoms with Gasteiger partial charge in [-0.25, -0.2) is 19.7 Å². The maximum absolute atomic E-state index is 11.0. The standard InChI is InChI=1S/C15H21N5O2/c1-10(2)13-16-6-8-20(13)7-4-5-17-15-18-11(3)9-12(19-15)14(21)22/h6,8-10H,4-5,7H2,1-3H3,(H,21,22)(H,17,18,19). The number of imidazole rings is 1. The molecule has 0 fully saturated rings. The van der Waals surface area contributed by atoms with Crippen LogP contribution >= 0.6 is 0 Å². The van der Waals surface area contributed by atoms with Crippen molar-refractivity contribution < 1.29 is 9.90 Å². The predicted molar refractivity (Wildman–Crippen MR) is 83.2 cm³/mol. The minimum atomic E-state index is -1.05. The van der Waals surface area contributed by atoms with Gasteiger partial charge in [0.05, 0.1) is 0 Å². The fourth-order valence-electron chi connectivity index (χ4n) is 2.22. The number of carboxylic acids is 1. The lowest BCUT2D eigenvalue weighted by Crippen LogP contribution is -2.13. The third-order valence-corrected chi connectivity index (χ3v) is 3.20. The van der Waals surface area contributed by atoms with Gasteiger partial charge in [0.2, 0.25) is 5.95 Å². The summed E-state index contributed by atoms with van der Waals surface area (Å²) in [5.74, 6) is 0.766. The zero-order valence-electron chi connectivity index (χ0n) is 13.1. The molecule has 0 saturated carbocycles. The monoisotopic (exact) mass is 303 g/mol. The van der Waals surface area contributed by atoms with Gasteiger partial charge in [0.25, 0.3) is 0 Å². The zero-order valence-corrected chi connectivity index (χ0v) is 13.1. The Morgan fingerprint density at radius 1 is 1.41 bits per heavy atom. The van der Waals surface area contributed by atoms with Gasteiger partial charge in [-0.15, -0.1) is 0 Å². The molecule has 0 aromatic carbocycles. The molecule has 2 heterocycles. The third-order valence-electron chi connectivity index (χ3n) is 3.20. The van der Waals surface area contributed by atoms with Gasteiger partial charge in [0.1, 0.15) is 5.82 Å². The quantitative estimate of drug-likeness (QED) is 0.762. The Hall–Kier alpha value is -2.44. The average Bonchev–Trinajstić information content (AvgIpc) is 2.91. The number of anilines is 1. The number of hydrogen-bond donors (Lipinski definition) is 2. The van der Waals surface area contributed by atoms with E-state index < -0.39 is 5.97 Å². The lowest BCUT2D eigenvalue weighted by molar-refractivity contribution is 0.0690. The van der Waals surface area contributed by atoms with Gasteiger partial charge in [-0.05, 0) is 19.4 Å². The summed E-state index contributed by atoms with van der Waals surface area (Å²) in [5.41, 5.74) is 0.637. The summed E-state index contributed by atoms with van der Waals surface area (Å²) in [5, 5.41) is 12.1. The molecule has 22 heavy (non-hydrogen) atoms. The van der Waals surface area contributed by atoms with Gasteiger partial charge < -0.3 is 15.0 Å². The number of aromatic nitrogens is 4. The van der Waals surface area contributed by atoms with Crippen LogP contribution in [0.2, 0.25) is 0 Å². The molecule has 0 atom stereocenters. The Bertz CT molecular complexity index is 651. The zero-order chi connectivity index (χ0) is 16.1. The van der Waals surface area contributed by atoms with Gasteiger partial charge in [-0.3, -0.25) is 0 Å². The Morgan fingerprint density at radius 2 is 2.18 bits per heavy atom. The summed E-state index contributed by atoms with van der Waals surface area (Å²) in [7, 11) is 0. The number of hydrogen-bond acceptors (Lipinski definition) is 5. The van der Waals surface area contributed by atoms with Gasteiger partial charge >= 0.3 is 5.97 Å². The third kappa shape index (κ3) is 4.03. The van der Waals surface area contributed by atoms with Crippen molar-refractivity contribution in [1.82, 2.24) is 19.5 Å². The lowest BCUT2D eigenvalue weighted by Gasteiger charge is -2.11. The van der Waals surface area contributed by atoms with Crippen molar-refractivity contribution in [2.24, 2.45) is 0 Å². The predicted octanol–water partition coefficient (Wildman–Crippen LogP) is 2.31. The van der Waals surface area contributed by atoms with Gasteiger partial charge in [0, 0.05) is 37.1 Å². The molecule has 0 spiro atoms. The Morgan fingerprint density at radius 3 is 2.86 bits per heavy atom. The lowest BCUT2D eigenvalue weighted by atomic mass is 10.2. The summed E-state index contributed by atoms with van der Waals surface area (Å²) < 4.78 is 2.13. The van der Waals surface area contributed by atoms with Crippen molar-refractivity contribution in [2.45, 2.75) is 39.7 Å². The van der Waals surface area contributed by atoms with Crippen LogP contribution in [0.25, 0.3) is 0 Å². The number of nitrogens with zero attached hydrogens (tertiary/aromatic N) is 4. The largest absolute Gasteiger partial charge is 0.477 e. The SMILES string of the molecule is Cc1cc(C(=O)O)nc(NCCCn2ccnc2C(C)C)n1. The highest BCUT2D eigenvalue weighted by Crippen LogP contribution is 2.12. The summed E-state index contributed by atoms with van der Waals surface area (Å²) in [6.07, 6.45) is 4.66. The van der Waals surface area contributed by atoms with E-state index in [4.69, 9.17) is 5.11 Å². The molecule has 0 aliphatic carbocycles. The van der Waals surface area contributed by atoms with E-state index in [1.807, 2.05) is 12.4 Å². The molecule has 118 valence electrons. The van der Waals surface area contributed by atoms with Crippen LogP contribution in [0, 0.1) is 6.92 Å². The van der Waals surface area contributed by atoms with Crippen molar-refractivity contribution in [3.8, 4) is 0 Å². The van der Waals surface area contributed by atoms with Gasteiger partial charge in [-0.2, -0.15) is 0 Å². The van der Waals surface area contributed by atoms with Crippen molar-refractivity contribution in [2.75, 3.05) is 11.9 Å². The summed E-state index contributed by atoms with van der Waals surface area (Å²) in [4.78, 5) is 23.5. The van der Waals surface area contributed by atoms with E-state index in [0.29, 0.717) is 24.1 Å². The molecule has 0 unspecified atom stereocenters. The van der Waals surface area contributed by atoms with E-state index in [1.54, 1.807) is 6.92 Å². The second-order valence-corrected chi connectivity index (χ2v) is 5.44.